The summed E-state index contributed by atoms with van der Waals surface area (Å²) in [6.07, 6.45) is 0.675. The Bertz CT molecular complexity index is 851. The van der Waals surface area contributed by atoms with E-state index in [1.54, 1.807) is 21.9 Å². The van der Waals surface area contributed by atoms with Crippen LogP contribution in [-0.2, 0) is 9.53 Å². The van der Waals surface area contributed by atoms with Crippen LogP contribution in [0.1, 0.15) is 21.7 Å². The summed E-state index contributed by atoms with van der Waals surface area (Å²) in [6.45, 7) is 3.32. The first-order valence-electron chi connectivity index (χ1n) is 8.51. The van der Waals surface area contributed by atoms with E-state index in [1.807, 2.05) is 18.4 Å². The lowest BCUT2D eigenvalue weighted by Crippen LogP contribution is -2.56. The topological polar surface area (TPSA) is 49.9 Å². The number of ether oxygens (including phenoxy) is 1. The van der Waals surface area contributed by atoms with Crippen molar-refractivity contribution in [1.82, 2.24) is 4.90 Å². The maximum Gasteiger partial charge on any atom is 0.264 e. The molecule has 136 valence electrons. The van der Waals surface area contributed by atoms with Crippen LogP contribution in [0.3, 0.4) is 0 Å². The molecule has 2 fully saturated rings. The molecule has 26 heavy (non-hydrogen) atoms. The molecule has 1 aromatic heterocycles. The SMILES string of the molecule is Cc1ccsc1C(=O)N1CCC2(C1)CN(c1ccc(F)cc1)C(=O)CO2. The van der Waals surface area contributed by atoms with E-state index < -0.39 is 5.60 Å². The van der Waals surface area contributed by atoms with Crippen LogP contribution >= 0.6 is 11.3 Å². The van der Waals surface area contributed by atoms with Crippen molar-refractivity contribution in [2.75, 3.05) is 31.1 Å². The molecule has 5 nitrogen and oxygen atoms in total. The molecule has 0 bridgehead atoms. The number of morpholine rings is 1. The van der Waals surface area contributed by atoms with Gasteiger partial charge in [0.2, 0.25) is 0 Å². The molecule has 0 saturated carbocycles. The lowest BCUT2D eigenvalue weighted by atomic mass is 10.00. The zero-order chi connectivity index (χ0) is 18.3. The van der Waals surface area contributed by atoms with Gasteiger partial charge in [-0.25, -0.2) is 4.39 Å². The molecular weight excluding hydrogens is 355 g/mol. The van der Waals surface area contributed by atoms with Gasteiger partial charge in [0.05, 0.1) is 18.0 Å². The lowest BCUT2D eigenvalue weighted by molar-refractivity contribution is -0.137. The number of thiophene rings is 1. The van der Waals surface area contributed by atoms with E-state index in [-0.39, 0.29) is 24.2 Å². The fourth-order valence-corrected chi connectivity index (χ4v) is 4.46. The third kappa shape index (κ3) is 3.01. The number of likely N-dealkylation sites (tertiary alicyclic amines) is 1. The van der Waals surface area contributed by atoms with Crippen molar-refractivity contribution in [3.05, 3.63) is 52.0 Å². The molecule has 1 aromatic carbocycles. The van der Waals surface area contributed by atoms with Gasteiger partial charge in [-0.1, -0.05) is 0 Å². The largest absolute Gasteiger partial charge is 0.361 e. The molecule has 1 atom stereocenters. The standard InChI is InChI=1S/C19H19FN2O3S/c1-13-6-9-26-17(13)18(24)21-8-7-19(11-21)12-22(16(23)10-25-19)15-4-2-14(20)3-5-15/h2-6,9H,7-8,10-12H2,1H3. The maximum absolute atomic E-state index is 13.2. The van der Waals surface area contributed by atoms with Gasteiger partial charge in [0.1, 0.15) is 18.0 Å². The van der Waals surface area contributed by atoms with Gasteiger partial charge in [0, 0.05) is 12.2 Å². The molecule has 2 aromatic rings. The fourth-order valence-electron chi connectivity index (χ4n) is 3.57. The second-order valence-electron chi connectivity index (χ2n) is 6.84. The minimum Gasteiger partial charge on any atom is -0.361 e. The monoisotopic (exact) mass is 374 g/mol. The lowest BCUT2D eigenvalue weighted by Gasteiger charge is -2.40. The van der Waals surface area contributed by atoms with Crippen molar-refractivity contribution >= 4 is 28.8 Å². The average Bonchev–Trinajstić information content (AvgIpc) is 3.24. The highest BCUT2D eigenvalue weighted by Gasteiger charge is 2.46. The van der Waals surface area contributed by atoms with Crippen molar-refractivity contribution in [2.45, 2.75) is 18.9 Å². The number of nitrogens with zero attached hydrogens (tertiary/aromatic N) is 2. The summed E-state index contributed by atoms with van der Waals surface area (Å²) >= 11 is 1.45. The summed E-state index contributed by atoms with van der Waals surface area (Å²) in [5, 5.41) is 1.92. The first-order valence-corrected chi connectivity index (χ1v) is 9.39. The first kappa shape index (κ1) is 17.2. The number of anilines is 1. The van der Waals surface area contributed by atoms with Crippen molar-refractivity contribution in [3.63, 3.8) is 0 Å². The number of amides is 2. The van der Waals surface area contributed by atoms with Gasteiger partial charge in [0.15, 0.2) is 0 Å². The van der Waals surface area contributed by atoms with E-state index in [1.165, 1.54) is 23.5 Å². The Kier molecular flexibility index (Phi) is 4.28. The number of carbonyl (C=O) groups is 2. The van der Waals surface area contributed by atoms with Gasteiger partial charge >= 0.3 is 0 Å². The summed E-state index contributed by atoms with van der Waals surface area (Å²) in [5.74, 6) is -0.475. The van der Waals surface area contributed by atoms with Gasteiger partial charge in [-0.3, -0.25) is 9.59 Å². The zero-order valence-corrected chi connectivity index (χ0v) is 15.2. The minimum absolute atomic E-state index is 0.0169. The van der Waals surface area contributed by atoms with Crippen molar-refractivity contribution in [3.8, 4) is 0 Å². The second-order valence-corrected chi connectivity index (χ2v) is 7.75. The molecule has 2 amide bonds. The average molecular weight is 374 g/mol. The van der Waals surface area contributed by atoms with Crippen LogP contribution in [-0.4, -0.2) is 48.6 Å². The van der Waals surface area contributed by atoms with Crippen LogP contribution < -0.4 is 4.90 Å². The first-order chi connectivity index (χ1) is 12.5. The number of benzene rings is 1. The number of rotatable bonds is 2. The summed E-state index contributed by atoms with van der Waals surface area (Å²) in [7, 11) is 0. The smallest absolute Gasteiger partial charge is 0.264 e. The Hall–Kier alpha value is -2.25. The van der Waals surface area contributed by atoms with Gasteiger partial charge in [-0.15, -0.1) is 11.3 Å². The van der Waals surface area contributed by atoms with Gasteiger partial charge in [-0.05, 0) is 54.6 Å². The van der Waals surface area contributed by atoms with Crippen molar-refractivity contribution in [2.24, 2.45) is 0 Å². The molecule has 2 saturated heterocycles. The molecule has 1 spiro atoms. The molecular formula is C19H19FN2O3S. The van der Waals surface area contributed by atoms with E-state index in [9.17, 15) is 14.0 Å². The van der Waals surface area contributed by atoms with Crippen LogP contribution in [0, 0.1) is 12.7 Å². The Morgan fingerprint density at radius 3 is 2.69 bits per heavy atom. The predicted molar refractivity (Wildman–Crippen MR) is 97.0 cm³/mol. The number of aryl methyl sites for hydroxylation is 1. The highest BCUT2D eigenvalue weighted by molar-refractivity contribution is 7.12. The van der Waals surface area contributed by atoms with Gasteiger partial charge in [-0.2, -0.15) is 0 Å². The maximum atomic E-state index is 13.2. The fraction of sp³-hybridized carbons (Fsp3) is 0.368. The number of halogens is 1. The number of hydrogen-bond acceptors (Lipinski definition) is 4. The van der Waals surface area contributed by atoms with Crippen molar-refractivity contribution in [1.29, 1.82) is 0 Å². The third-order valence-electron chi connectivity index (χ3n) is 5.05. The summed E-state index contributed by atoms with van der Waals surface area (Å²) < 4.78 is 19.1. The molecule has 7 heteroatoms. The normalized spacial score (nSPS) is 23.1. The predicted octanol–water partition coefficient (Wildman–Crippen LogP) is 2.84. The van der Waals surface area contributed by atoms with Crippen LogP contribution in [0.2, 0.25) is 0 Å². The Balaban J connectivity index is 1.52. The Morgan fingerprint density at radius 1 is 1.23 bits per heavy atom. The van der Waals surface area contributed by atoms with E-state index >= 15 is 0 Å². The quantitative estimate of drug-likeness (QED) is 0.812. The van der Waals surface area contributed by atoms with Crippen LogP contribution in [0.25, 0.3) is 0 Å². The van der Waals surface area contributed by atoms with Crippen LogP contribution in [0.15, 0.2) is 35.7 Å². The second kappa shape index (κ2) is 6.48. The minimum atomic E-state index is -0.566. The van der Waals surface area contributed by atoms with Crippen molar-refractivity contribution < 1.29 is 18.7 Å². The summed E-state index contributed by atoms with van der Waals surface area (Å²) in [6, 6.07) is 7.82. The third-order valence-corrected chi connectivity index (χ3v) is 6.05. The highest BCUT2D eigenvalue weighted by atomic mass is 32.1. The highest BCUT2D eigenvalue weighted by Crippen LogP contribution is 2.33. The molecule has 1 unspecified atom stereocenters. The Morgan fingerprint density at radius 2 is 2.00 bits per heavy atom. The van der Waals surface area contributed by atoms with Gasteiger partial charge < -0.3 is 14.5 Å². The van der Waals surface area contributed by atoms with Crippen LogP contribution in [0.5, 0.6) is 0 Å². The number of carbonyl (C=O) groups excluding carboxylic acids is 2. The molecule has 3 heterocycles. The van der Waals surface area contributed by atoms with Crippen LogP contribution in [0.4, 0.5) is 10.1 Å². The molecule has 0 radical (unpaired) electrons. The van der Waals surface area contributed by atoms with E-state index in [4.69, 9.17) is 4.74 Å². The zero-order valence-electron chi connectivity index (χ0n) is 14.4. The van der Waals surface area contributed by atoms with Gasteiger partial charge in [0.25, 0.3) is 11.8 Å². The molecule has 2 aliphatic rings. The van der Waals surface area contributed by atoms with E-state index in [0.717, 1.165) is 10.4 Å². The Labute approximate surface area is 155 Å². The molecule has 0 N–H and O–H groups in total. The van der Waals surface area contributed by atoms with E-state index in [0.29, 0.717) is 31.7 Å². The molecule has 4 rings (SSSR count). The summed E-state index contributed by atoms with van der Waals surface area (Å²) in [5.41, 5.74) is 1.06. The molecule has 0 aliphatic carbocycles. The molecule has 2 aliphatic heterocycles. The number of hydrogen-bond donors (Lipinski definition) is 0. The van der Waals surface area contributed by atoms with E-state index in [2.05, 4.69) is 0 Å². The summed E-state index contributed by atoms with van der Waals surface area (Å²) in [4.78, 5) is 29.3.